The quantitative estimate of drug-likeness (QED) is 0.239. The first-order valence-corrected chi connectivity index (χ1v) is 15.0. The Hall–Kier alpha value is -2.58. The Morgan fingerprint density at radius 2 is 2.02 bits per heavy atom. The largest absolute Gasteiger partial charge is 0.387 e. The molecule has 6 rings (SSSR count). The number of benzene rings is 1. The highest BCUT2D eigenvalue weighted by Gasteiger charge is 2.46. The van der Waals surface area contributed by atoms with Crippen LogP contribution in [0.25, 0.3) is 11.0 Å². The summed E-state index contributed by atoms with van der Waals surface area (Å²) in [6.45, 7) is 6.15. The van der Waals surface area contributed by atoms with Crippen LogP contribution in [0.3, 0.4) is 0 Å². The average molecular weight is 583 g/mol. The van der Waals surface area contributed by atoms with Gasteiger partial charge < -0.3 is 40.2 Å². The van der Waals surface area contributed by atoms with Gasteiger partial charge in [-0.25, -0.2) is 9.97 Å². The summed E-state index contributed by atoms with van der Waals surface area (Å²) < 4.78 is 13.4. The van der Waals surface area contributed by atoms with Gasteiger partial charge in [-0.15, -0.1) is 0 Å². The van der Waals surface area contributed by atoms with Gasteiger partial charge in [-0.3, -0.25) is 9.88 Å². The van der Waals surface area contributed by atoms with Crippen molar-refractivity contribution in [2.24, 2.45) is 11.7 Å². The number of aliphatic hydroxyl groups is 2. The van der Waals surface area contributed by atoms with Crippen LogP contribution in [0.2, 0.25) is 0 Å². The first-order valence-electron chi connectivity index (χ1n) is 15.0. The highest BCUT2D eigenvalue weighted by atomic mass is 16.6. The summed E-state index contributed by atoms with van der Waals surface area (Å²) in [6.07, 6.45) is 2.22. The molecule has 2 fully saturated rings. The first-order chi connectivity index (χ1) is 20.1. The number of aromatic amines is 1. The molecule has 0 amide bonds. The molecule has 1 saturated heterocycles. The Kier molecular flexibility index (Phi) is 8.07. The topological polar surface area (TPSA) is 150 Å². The Labute approximate surface area is 247 Å². The Balaban J connectivity index is 1.00. The van der Waals surface area contributed by atoms with E-state index in [4.69, 9.17) is 20.2 Å². The summed E-state index contributed by atoms with van der Waals surface area (Å²) in [7, 11) is 5.75. The van der Waals surface area contributed by atoms with Crippen molar-refractivity contribution in [3.05, 3.63) is 41.6 Å². The van der Waals surface area contributed by atoms with Crippen LogP contribution >= 0.6 is 0 Å². The van der Waals surface area contributed by atoms with Crippen LogP contribution in [0.5, 0.6) is 0 Å². The summed E-state index contributed by atoms with van der Waals surface area (Å²) >= 11 is 0. The first kappa shape index (κ1) is 29.5. The van der Waals surface area contributed by atoms with Crippen molar-refractivity contribution in [3.8, 4) is 0 Å². The summed E-state index contributed by atoms with van der Waals surface area (Å²) in [6, 6.07) is 6.89. The normalized spacial score (nSPS) is 29.8. The number of ether oxygens (including phenoxy) is 2. The van der Waals surface area contributed by atoms with Gasteiger partial charge in [-0.1, -0.05) is 19.9 Å². The zero-order valence-electron chi connectivity index (χ0n) is 25.3. The van der Waals surface area contributed by atoms with E-state index in [0.717, 1.165) is 48.4 Å². The Bertz CT molecular complexity index is 1380. The van der Waals surface area contributed by atoms with E-state index < -0.39 is 24.5 Å². The number of anilines is 1. The van der Waals surface area contributed by atoms with Gasteiger partial charge in [0.2, 0.25) is 0 Å². The van der Waals surface area contributed by atoms with Crippen LogP contribution in [0.1, 0.15) is 62.6 Å². The predicted molar refractivity (Wildman–Crippen MR) is 160 cm³/mol. The SMILES string of the molecule is COCC(C)(C)c1ccc2[nH]c(CCC3CC(N(C)C[C@H]4O[C@@H](n5cnc6c5N(C)CNC6N)[C@H](O)[C@@H]4O)C3)nc2c1. The minimum atomic E-state index is -1.05. The maximum Gasteiger partial charge on any atom is 0.165 e. The number of nitrogens with one attached hydrogen (secondary N) is 2. The fourth-order valence-electron chi connectivity index (χ4n) is 6.80. The van der Waals surface area contributed by atoms with Gasteiger partial charge in [0.15, 0.2) is 6.23 Å². The second kappa shape index (κ2) is 11.5. The number of H-pyrrole nitrogens is 1. The van der Waals surface area contributed by atoms with Gasteiger partial charge in [0.25, 0.3) is 0 Å². The molecule has 42 heavy (non-hydrogen) atoms. The molecule has 6 N–H and O–H groups in total. The number of likely N-dealkylation sites (N-methyl/N-ethyl adjacent to an activating group) is 1. The van der Waals surface area contributed by atoms with E-state index in [1.165, 1.54) is 5.56 Å². The molecule has 4 heterocycles. The number of rotatable bonds is 10. The van der Waals surface area contributed by atoms with Gasteiger partial charge in [0.1, 0.15) is 41.8 Å². The molecule has 3 aromatic rings. The standard InChI is InChI=1S/C30H46N8O4/c1-30(2,14-41-5)18-7-8-20-21(12-18)35-23(34-20)9-6-17-10-19(11-17)36(3)13-22-25(39)26(40)29(42-22)38-16-32-24-27(31)33-15-37(4)28(24)38/h7-8,12,16-17,19,22,25-27,29,33,39-40H,6,9-11,13-15,31H2,1-5H3,(H,34,35)/t17?,19?,22-,25-,26-,27?,29-/m1/s1. The van der Waals surface area contributed by atoms with Gasteiger partial charge >= 0.3 is 0 Å². The lowest BCUT2D eigenvalue weighted by Gasteiger charge is -2.42. The zero-order valence-corrected chi connectivity index (χ0v) is 25.3. The monoisotopic (exact) mass is 582 g/mol. The molecule has 230 valence electrons. The zero-order chi connectivity index (χ0) is 29.8. The van der Waals surface area contributed by atoms with Crippen molar-refractivity contribution >= 4 is 16.9 Å². The molecule has 0 bridgehead atoms. The average Bonchev–Trinajstić information content (AvgIpc) is 3.62. The van der Waals surface area contributed by atoms with Crippen LogP contribution in [-0.4, -0.2) is 100 Å². The third-order valence-electron chi connectivity index (χ3n) is 9.52. The van der Waals surface area contributed by atoms with E-state index in [2.05, 4.69) is 59.3 Å². The second-order valence-electron chi connectivity index (χ2n) is 13.1. The number of aromatic nitrogens is 4. The number of aliphatic hydroxyl groups excluding tert-OH is 2. The molecule has 12 heteroatoms. The number of aryl methyl sites for hydroxylation is 1. The second-order valence-corrected chi connectivity index (χ2v) is 13.1. The van der Waals surface area contributed by atoms with Crippen molar-refractivity contribution in [3.63, 3.8) is 0 Å². The van der Waals surface area contributed by atoms with Gasteiger partial charge in [-0.05, 0) is 49.9 Å². The number of hydrogen-bond donors (Lipinski definition) is 5. The van der Waals surface area contributed by atoms with E-state index in [1.54, 1.807) is 18.0 Å². The lowest BCUT2D eigenvalue weighted by Crippen LogP contribution is -2.47. The number of imidazole rings is 2. The number of nitrogens with zero attached hydrogens (tertiary/aromatic N) is 5. The van der Waals surface area contributed by atoms with E-state index >= 15 is 0 Å². The van der Waals surface area contributed by atoms with E-state index in [0.29, 0.717) is 37.5 Å². The fourth-order valence-corrected chi connectivity index (χ4v) is 6.80. The summed E-state index contributed by atoms with van der Waals surface area (Å²) in [5.74, 6) is 2.48. The highest BCUT2D eigenvalue weighted by Crippen LogP contribution is 2.38. The number of hydrogen-bond acceptors (Lipinski definition) is 10. The van der Waals surface area contributed by atoms with Gasteiger partial charge in [0, 0.05) is 38.6 Å². The molecule has 1 aromatic carbocycles. The van der Waals surface area contributed by atoms with Gasteiger partial charge in [0.05, 0.1) is 30.6 Å². The van der Waals surface area contributed by atoms with Crippen molar-refractivity contribution in [1.82, 2.24) is 29.7 Å². The number of fused-ring (bicyclic) bond motifs is 2. The highest BCUT2D eigenvalue weighted by molar-refractivity contribution is 5.76. The van der Waals surface area contributed by atoms with E-state index in [1.807, 2.05) is 11.9 Å². The third-order valence-corrected chi connectivity index (χ3v) is 9.52. The lowest BCUT2D eigenvalue weighted by atomic mass is 9.76. The van der Waals surface area contributed by atoms with Gasteiger partial charge in [-0.2, -0.15) is 0 Å². The summed E-state index contributed by atoms with van der Waals surface area (Å²) in [5.41, 5.74) is 10.1. The molecule has 2 aromatic heterocycles. The van der Waals surface area contributed by atoms with Crippen molar-refractivity contribution < 1.29 is 19.7 Å². The van der Waals surface area contributed by atoms with E-state index in [9.17, 15) is 10.2 Å². The molecule has 12 nitrogen and oxygen atoms in total. The molecule has 2 aliphatic heterocycles. The number of methoxy groups -OCH3 is 1. The molecule has 5 atom stereocenters. The Morgan fingerprint density at radius 1 is 1.24 bits per heavy atom. The minimum Gasteiger partial charge on any atom is -0.387 e. The molecule has 1 aliphatic carbocycles. The maximum absolute atomic E-state index is 10.9. The molecule has 0 spiro atoms. The molecular formula is C30H46N8O4. The van der Waals surface area contributed by atoms with Crippen molar-refractivity contribution in [2.75, 3.05) is 45.9 Å². The smallest absolute Gasteiger partial charge is 0.165 e. The Morgan fingerprint density at radius 3 is 2.79 bits per heavy atom. The van der Waals surface area contributed by atoms with E-state index in [-0.39, 0.29) is 11.6 Å². The molecule has 3 aliphatic rings. The molecule has 1 saturated carbocycles. The fraction of sp³-hybridized carbons (Fsp3) is 0.667. The summed E-state index contributed by atoms with van der Waals surface area (Å²) in [4.78, 5) is 17.1. The molecule has 0 radical (unpaired) electrons. The molecule has 1 unspecified atom stereocenters. The lowest BCUT2D eigenvalue weighted by molar-refractivity contribution is -0.0524. The minimum absolute atomic E-state index is 0.0604. The van der Waals surface area contributed by atoms with Crippen LogP contribution in [-0.2, 0) is 21.3 Å². The van der Waals surface area contributed by atoms with Crippen molar-refractivity contribution in [1.29, 1.82) is 0 Å². The van der Waals surface area contributed by atoms with Crippen LogP contribution in [0.4, 0.5) is 5.82 Å². The summed E-state index contributed by atoms with van der Waals surface area (Å²) in [5, 5.41) is 25.0. The van der Waals surface area contributed by atoms with Crippen LogP contribution in [0, 0.1) is 5.92 Å². The van der Waals surface area contributed by atoms with Crippen LogP contribution < -0.4 is 16.0 Å². The van der Waals surface area contributed by atoms with Crippen LogP contribution in [0.15, 0.2) is 24.5 Å². The maximum atomic E-state index is 10.9. The molecular weight excluding hydrogens is 536 g/mol. The third kappa shape index (κ3) is 5.45. The predicted octanol–water partition coefficient (Wildman–Crippen LogP) is 1.60. The van der Waals surface area contributed by atoms with Crippen molar-refractivity contribution in [2.45, 2.75) is 81.7 Å². The number of nitrogens with two attached hydrogens (primary N) is 1.